The molecule has 3 aliphatic rings. The minimum atomic E-state index is 0.470. The average Bonchev–Trinajstić information content (AvgIpc) is 3.05. The minimum absolute atomic E-state index is 0.470. The zero-order valence-electron chi connectivity index (χ0n) is 17.8. The number of likely N-dealkylation sites (tertiary alicyclic amines) is 1. The maximum Gasteiger partial charge on any atom is 0.146 e. The molecular formula is C24H30N6O. The molecule has 0 radical (unpaired) electrons. The Morgan fingerprint density at radius 3 is 2.77 bits per heavy atom. The lowest BCUT2D eigenvalue weighted by Gasteiger charge is -2.42. The standard InChI is InChI=1S/C24H30N6O/c25-23-22-21(18-4-1-3-16(7-18)10-26-19-13-31-14-19)12-30(24(22)28-15-27-23)20-8-17(9-20)11-29-5-2-6-29/h1,3-4,7,12,15,17,19-20,26H,2,5-6,8-11,13-14H2,(H2,25,27,28). The number of ether oxygens (including phenoxy) is 1. The van der Waals surface area contributed by atoms with Gasteiger partial charge in [0.15, 0.2) is 0 Å². The molecule has 0 unspecified atom stereocenters. The summed E-state index contributed by atoms with van der Waals surface area (Å²) in [5.41, 5.74) is 10.9. The van der Waals surface area contributed by atoms with Crippen LogP contribution in [0.3, 0.4) is 0 Å². The van der Waals surface area contributed by atoms with Crippen LogP contribution < -0.4 is 11.1 Å². The molecule has 4 heterocycles. The SMILES string of the molecule is Nc1ncnc2c1c(-c1cccc(CNC3COC3)c1)cn2C1CC(CN2CCC2)C1. The second-order valence-electron chi connectivity index (χ2n) is 9.37. The van der Waals surface area contributed by atoms with Crippen LogP contribution in [0.2, 0.25) is 0 Å². The molecule has 3 N–H and O–H groups in total. The first-order valence-electron chi connectivity index (χ1n) is 11.5. The van der Waals surface area contributed by atoms with E-state index in [-0.39, 0.29) is 0 Å². The lowest BCUT2D eigenvalue weighted by Crippen LogP contribution is -2.45. The molecule has 2 aromatic heterocycles. The Kier molecular flexibility index (Phi) is 4.89. The van der Waals surface area contributed by atoms with Crippen molar-refractivity contribution in [3.8, 4) is 11.1 Å². The highest BCUT2D eigenvalue weighted by molar-refractivity contribution is 6.00. The van der Waals surface area contributed by atoms with Gasteiger partial charge in [-0.3, -0.25) is 0 Å². The van der Waals surface area contributed by atoms with Crippen LogP contribution in [0.1, 0.15) is 30.9 Å². The number of nitrogens with zero attached hydrogens (tertiary/aromatic N) is 4. The molecule has 0 atom stereocenters. The molecule has 31 heavy (non-hydrogen) atoms. The number of hydrogen-bond acceptors (Lipinski definition) is 6. The number of benzene rings is 1. The molecule has 3 aromatic rings. The fourth-order valence-corrected chi connectivity index (χ4v) is 5.08. The van der Waals surface area contributed by atoms with Crippen LogP contribution in [0, 0.1) is 5.92 Å². The molecule has 1 aliphatic carbocycles. The molecule has 7 nitrogen and oxygen atoms in total. The minimum Gasteiger partial charge on any atom is -0.383 e. The smallest absolute Gasteiger partial charge is 0.146 e. The van der Waals surface area contributed by atoms with Crippen LogP contribution in [0.4, 0.5) is 5.82 Å². The van der Waals surface area contributed by atoms with Crippen molar-refractivity contribution in [1.82, 2.24) is 24.8 Å². The quantitative estimate of drug-likeness (QED) is 0.614. The lowest BCUT2D eigenvalue weighted by molar-refractivity contribution is -0.00578. The molecule has 1 aromatic carbocycles. The lowest BCUT2D eigenvalue weighted by atomic mass is 9.79. The maximum atomic E-state index is 6.35. The summed E-state index contributed by atoms with van der Waals surface area (Å²) in [4.78, 5) is 11.5. The number of anilines is 1. The second kappa shape index (κ2) is 7.89. The van der Waals surface area contributed by atoms with Gasteiger partial charge < -0.3 is 25.3 Å². The Morgan fingerprint density at radius 1 is 1.16 bits per heavy atom. The van der Waals surface area contributed by atoms with Gasteiger partial charge in [0.25, 0.3) is 0 Å². The second-order valence-corrected chi connectivity index (χ2v) is 9.37. The molecule has 1 saturated carbocycles. The van der Waals surface area contributed by atoms with Crippen molar-refractivity contribution in [2.45, 2.75) is 37.9 Å². The fourth-order valence-electron chi connectivity index (χ4n) is 5.08. The molecule has 2 aliphatic heterocycles. The first-order chi connectivity index (χ1) is 15.2. The first kappa shape index (κ1) is 19.2. The van der Waals surface area contributed by atoms with E-state index in [1.54, 1.807) is 6.33 Å². The molecule has 0 amide bonds. The first-order valence-corrected chi connectivity index (χ1v) is 11.5. The van der Waals surface area contributed by atoms with Crippen molar-refractivity contribution in [2.24, 2.45) is 5.92 Å². The largest absolute Gasteiger partial charge is 0.383 e. The summed E-state index contributed by atoms with van der Waals surface area (Å²) in [6.45, 7) is 6.26. The van der Waals surface area contributed by atoms with Gasteiger partial charge in [-0.1, -0.05) is 18.2 Å². The maximum absolute atomic E-state index is 6.35. The van der Waals surface area contributed by atoms with Crippen molar-refractivity contribution in [3.05, 3.63) is 42.4 Å². The van der Waals surface area contributed by atoms with Gasteiger partial charge in [-0.25, -0.2) is 9.97 Å². The topological polar surface area (TPSA) is 81.2 Å². The molecule has 0 spiro atoms. The average molecular weight is 419 g/mol. The van der Waals surface area contributed by atoms with Crippen LogP contribution in [-0.4, -0.2) is 58.3 Å². The Labute approximate surface area is 182 Å². The van der Waals surface area contributed by atoms with E-state index in [0.717, 1.165) is 42.3 Å². The number of fused-ring (bicyclic) bond motifs is 1. The molecule has 162 valence electrons. The predicted molar refractivity (Wildman–Crippen MR) is 122 cm³/mol. The van der Waals surface area contributed by atoms with Gasteiger partial charge in [-0.15, -0.1) is 0 Å². The number of hydrogen-bond donors (Lipinski definition) is 2. The molecule has 7 heteroatoms. The van der Waals surface area contributed by atoms with Crippen LogP contribution in [0.5, 0.6) is 0 Å². The Balaban J connectivity index is 1.27. The summed E-state index contributed by atoms with van der Waals surface area (Å²) in [5.74, 6) is 1.36. The zero-order valence-corrected chi connectivity index (χ0v) is 17.8. The highest BCUT2D eigenvalue weighted by atomic mass is 16.5. The number of nitrogen functional groups attached to an aromatic ring is 1. The third kappa shape index (κ3) is 3.60. The normalized spacial score (nSPS) is 24.0. The van der Waals surface area contributed by atoms with Crippen LogP contribution >= 0.6 is 0 Å². The van der Waals surface area contributed by atoms with Gasteiger partial charge in [-0.2, -0.15) is 0 Å². The van der Waals surface area contributed by atoms with Crippen molar-refractivity contribution >= 4 is 16.9 Å². The summed E-state index contributed by atoms with van der Waals surface area (Å²) in [7, 11) is 0. The number of rotatable bonds is 7. The van der Waals surface area contributed by atoms with Gasteiger partial charge in [0, 0.05) is 30.9 Å². The van der Waals surface area contributed by atoms with E-state index in [0.29, 0.717) is 17.9 Å². The Morgan fingerprint density at radius 2 is 2.03 bits per heavy atom. The molecule has 3 fully saturated rings. The van der Waals surface area contributed by atoms with Gasteiger partial charge in [0.2, 0.25) is 0 Å². The Bertz CT molecular complexity index is 1080. The van der Waals surface area contributed by atoms with Crippen LogP contribution in [0.15, 0.2) is 36.8 Å². The van der Waals surface area contributed by atoms with E-state index in [1.165, 1.54) is 50.0 Å². The fraction of sp³-hybridized carbons (Fsp3) is 0.500. The third-order valence-electron chi connectivity index (χ3n) is 7.18. The third-order valence-corrected chi connectivity index (χ3v) is 7.18. The van der Waals surface area contributed by atoms with Crippen molar-refractivity contribution in [1.29, 1.82) is 0 Å². The highest BCUT2D eigenvalue weighted by Gasteiger charge is 2.34. The van der Waals surface area contributed by atoms with E-state index < -0.39 is 0 Å². The van der Waals surface area contributed by atoms with E-state index in [4.69, 9.17) is 10.5 Å². The summed E-state index contributed by atoms with van der Waals surface area (Å²) in [5, 5.41) is 4.53. The predicted octanol–water partition coefficient (Wildman–Crippen LogP) is 2.83. The van der Waals surface area contributed by atoms with Crippen molar-refractivity contribution in [2.75, 3.05) is 38.6 Å². The van der Waals surface area contributed by atoms with Gasteiger partial charge >= 0.3 is 0 Å². The summed E-state index contributed by atoms with van der Waals surface area (Å²) in [6, 6.07) is 9.68. The van der Waals surface area contributed by atoms with Crippen LogP contribution in [-0.2, 0) is 11.3 Å². The monoisotopic (exact) mass is 418 g/mol. The molecular weight excluding hydrogens is 388 g/mol. The van der Waals surface area contributed by atoms with E-state index >= 15 is 0 Å². The summed E-state index contributed by atoms with van der Waals surface area (Å²) in [6.07, 6.45) is 7.65. The number of nitrogens with one attached hydrogen (secondary N) is 1. The van der Waals surface area contributed by atoms with E-state index in [9.17, 15) is 0 Å². The van der Waals surface area contributed by atoms with Gasteiger partial charge in [-0.05, 0) is 55.5 Å². The number of aromatic nitrogens is 3. The molecule has 2 saturated heterocycles. The molecule has 6 rings (SSSR count). The van der Waals surface area contributed by atoms with Crippen molar-refractivity contribution < 1.29 is 4.74 Å². The van der Waals surface area contributed by atoms with Crippen LogP contribution in [0.25, 0.3) is 22.2 Å². The van der Waals surface area contributed by atoms with Crippen molar-refractivity contribution in [3.63, 3.8) is 0 Å². The van der Waals surface area contributed by atoms with E-state index in [2.05, 4.69) is 55.2 Å². The summed E-state index contributed by atoms with van der Waals surface area (Å²) < 4.78 is 7.61. The highest BCUT2D eigenvalue weighted by Crippen LogP contribution is 2.43. The Hall–Kier alpha value is -2.48. The zero-order chi connectivity index (χ0) is 20.8. The summed E-state index contributed by atoms with van der Waals surface area (Å²) >= 11 is 0. The van der Waals surface area contributed by atoms with Gasteiger partial charge in [0.05, 0.1) is 24.6 Å². The number of nitrogens with two attached hydrogens (primary N) is 1. The molecule has 0 bridgehead atoms. The van der Waals surface area contributed by atoms with E-state index in [1.807, 2.05) is 0 Å². The van der Waals surface area contributed by atoms with Gasteiger partial charge in [0.1, 0.15) is 17.8 Å².